The van der Waals surface area contributed by atoms with Crippen LogP contribution in [0.2, 0.25) is 0 Å². The Morgan fingerprint density at radius 3 is 1.57 bits per heavy atom. The van der Waals surface area contributed by atoms with E-state index in [2.05, 4.69) is 0 Å². The summed E-state index contributed by atoms with van der Waals surface area (Å²) in [5, 5.41) is 26.0. The Balaban J connectivity index is 0.00000216. The van der Waals surface area contributed by atoms with Crippen LogP contribution >= 0.6 is 0 Å². The average molecular weight is 536 g/mol. The molecule has 0 fully saturated rings. The fraction of sp³-hybridized carbons (Fsp3) is 0. The van der Waals surface area contributed by atoms with Gasteiger partial charge < -0.3 is 14.9 Å². The molecule has 35 heavy (non-hydrogen) atoms. The van der Waals surface area contributed by atoms with Gasteiger partial charge in [-0.15, -0.1) is 0 Å². The maximum absolute atomic E-state index is 13.1. The van der Waals surface area contributed by atoms with Gasteiger partial charge in [0, 0.05) is 22.3 Å². The quantitative estimate of drug-likeness (QED) is 0.187. The monoisotopic (exact) mass is 536 g/mol. The summed E-state index contributed by atoms with van der Waals surface area (Å²) in [7, 11) is -10.0. The van der Waals surface area contributed by atoms with Gasteiger partial charge in [0.1, 0.15) is 16.4 Å². The van der Waals surface area contributed by atoms with Gasteiger partial charge in [0.25, 0.3) is 20.2 Å². The Kier molecular flexibility index (Phi) is 8.67. The first kappa shape index (κ1) is 29.5. The molecule has 0 heterocycles. The molecule has 0 amide bonds. The van der Waals surface area contributed by atoms with E-state index in [9.17, 15) is 41.2 Å². The first-order valence-corrected chi connectivity index (χ1v) is 11.7. The molecule has 0 aliphatic heterocycles. The number of carbonyl (C=O) groups is 2. The van der Waals surface area contributed by atoms with E-state index >= 15 is 0 Å². The van der Waals surface area contributed by atoms with Crippen LogP contribution in [0.15, 0.2) is 58.3 Å². The largest absolute Gasteiger partial charge is 1.00 e. The molecule has 0 saturated heterocycles. The third kappa shape index (κ3) is 5.20. The van der Waals surface area contributed by atoms with E-state index in [-0.39, 0.29) is 76.0 Å². The molecule has 0 radical (unpaired) electrons. The number of ether oxygens (including phenoxy) is 1. The Morgan fingerprint density at radius 2 is 1.14 bits per heavy atom. The Labute approximate surface area is 242 Å². The maximum Gasteiger partial charge on any atom is 1.00 e. The number of hydrogen-bond acceptors (Lipinski definition) is 9. The van der Waals surface area contributed by atoms with Crippen molar-refractivity contribution in [3.05, 3.63) is 70.8 Å². The summed E-state index contributed by atoms with van der Waals surface area (Å²) >= 11 is 0. The van der Waals surface area contributed by atoms with Gasteiger partial charge in [0.05, 0.1) is 4.90 Å². The van der Waals surface area contributed by atoms with E-state index in [1.807, 2.05) is 0 Å². The number of benzene rings is 3. The van der Waals surface area contributed by atoms with E-state index in [4.69, 9.17) is 9.29 Å². The van der Waals surface area contributed by atoms with Crippen LogP contribution in [0.25, 0.3) is 0 Å². The molecule has 1 aliphatic rings. The summed E-state index contributed by atoms with van der Waals surface area (Å²) in [5.41, 5.74) is -2.33. The minimum Gasteiger partial charge on any atom is -0.871 e. The molecule has 0 unspecified atom stereocenters. The Hall–Kier alpha value is -1.78. The molecule has 0 atom stereocenters. The van der Waals surface area contributed by atoms with Gasteiger partial charge in [0.15, 0.2) is 11.6 Å². The van der Waals surface area contributed by atoms with Crippen LogP contribution in [-0.4, -0.2) is 37.5 Å². The summed E-state index contributed by atoms with van der Waals surface area (Å²) < 4.78 is 70.0. The van der Waals surface area contributed by atoms with Crippen LogP contribution < -0.4 is 74.1 Å². The van der Waals surface area contributed by atoms with Gasteiger partial charge in [-0.25, -0.2) is 0 Å². The van der Waals surface area contributed by atoms with Crippen molar-refractivity contribution < 1.29 is 110 Å². The van der Waals surface area contributed by atoms with Crippen LogP contribution in [0.4, 0.5) is 0 Å². The van der Waals surface area contributed by atoms with Crippen LogP contribution in [0.3, 0.4) is 0 Å². The molecule has 11 nitrogen and oxygen atoms in total. The van der Waals surface area contributed by atoms with Crippen molar-refractivity contribution in [2.24, 2.45) is 0 Å². The maximum atomic E-state index is 13.1. The van der Waals surface area contributed by atoms with E-state index in [1.165, 1.54) is 24.3 Å². The van der Waals surface area contributed by atoms with Crippen molar-refractivity contribution in [3.8, 4) is 23.0 Å². The first-order chi connectivity index (χ1) is 15.3. The molecule has 15 heteroatoms. The Bertz CT molecular complexity index is 1580. The number of carbonyl (C=O) groups excluding carboxylic acids is 2. The van der Waals surface area contributed by atoms with Gasteiger partial charge in [-0.3, -0.25) is 18.7 Å². The van der Waals surface area contributed by atoms with Crippen molar-refractivity contribution in [2.75, 3.05) is 0 Å². The number of fused-ring (bicyclic) bond motifs is 2. The normalized spacial score (nSPS) is 12.6. The smallest absolute Gasteiger partial charge is 0.871 e. The van der Waals surface area contributed by atoms with Crippen molar-refractivity contribution in [3.63, 3.8) is 0 Å². The minimum atomic E-state index is -5.43. The summed E-state index contributed by atoms with van der Waals surface area (Å²) in [5.74, 6) is -6.76. The van der Waals surface area contributed by atoms with Crippen LogP contribution in [0, 0.1) is 0 Å². The van der Waals surface area contributed by atoms with Gasteiger partial charge >= 0.3 is 59.1 Å². The zero-order chi connectivity index (χ0) is 24.3. The summed E-state index contributed by atoms with van der Waals surface area (Å²) in [6, 6.07) is 8.82. The fourth-order valence-corrected chi connectivity index (χ4v) is 4.55. The predicted molar refractivity (Wildman–Crippen MR) is 105 cm³/mol. The third-order valence-corrected chi connectivity index (χ3v) is 6.55. The molecule has 0 aromatic heterocycles. The van der Waals surface area contributed by atoms with E-state index in [1.54, 1.807) is 0 Å². The van der Waals surface area contributed by atoms with E-state index < -0.39 is 70.0 Å². The molecule has 2 N–H and O–H groups in total. The summed E-state index contributed by atoms with van der Waals surface area (Å²) in [4.78, 5) is 23.6. The molecular formula is C20H10Na2O11S2. The second-order valence-electron chi connectivity index (χ2n) is 6.79. The van der Waals surface area contributed by atoms with Gasteiger partial charge in [-0.05, 0) is 24.3 Å². The topological polar surface area (TPSA) is 198 Å². The molecule has 0 spiro atoms. The molecule has 4 rings (SSSR count). The SMILES string of the molecule is O=C1c2ccccc2C(=O)c2c([O-])c(S(=O)(=O)O)c(Oc3ccc(S(=O)(=O)O)cc3)c([O-])c21.[Na+].[Na+]. The minimum absolute atomic E-state index is 0. The summed E-state index contributed by atoms with van der Waals surface area (Å²) in [6.45, 7) is 0. The van der Waals surface area contributed by atoms with Crippen LogP contribution in [0.1, 0.15) is 31.8 Å². The third-order valence-electron chi connectivity index (χ3n) is 4.79. The van der Waals surface area contributed by atoms with E-state index in [0.717, 1.165) is 24.3 Å². The standard InChI is InChI=1S/C20H12O11S2.2Na/c21-15-11-3-1-2-4-12(11)16(22)14-13(15)17(23)19(20(18(14)24)33(28,29)30)31-9-5-7-10(8-6-9)32(25,26)27;;/h1-8,23-24H,(H,25,26,27)(H,28,29,30);;/q;2*+1/p-2. The number of ketones is 2. The second kappa shape index (κ2) is 10.3. The molecule has 170 valence electrons. The first-order valence-electron chi connectivity index (χ1n) is 8.81. The van der Waals surface area contributed by atoms with Crippen molar-refractivity contribution in [2.45, 2.75) is 9.79 Å². The van der Waals surface area contributed by atoms with Gasteiger partial charge in [-0.2, -0.15) is 16.8 Å². The van der Waals surface area contributed by atoms with Crippen molar-refractivity contribution in [1.29, 1.82) is 0 Å². The van der Waals surface area contributed by atoms with Crippen molar-refractivity contribution >= 4 is 31.8 Å². The molecule has 1 aliphatic carbocycles. The summed E-state index contributed by atoms with van der Waals surface area (Å²) in [6.07, 6.45) is 0. The van der Waals surface area contributed by atoms with Crippen LogP contribution in [0.5, 0.6) is 23.0 Å². The fourth-order valence-electron chi connectivity index (χ4n) is 3.37. The number of rotatable bonds is 4. The van der Waals surface area contributed by atoms with E-state index in [0.29, 0.717) is 0 Å². The Morgan fingerprint density at radius 1 is 0.686 bits per heavy atom. The molecule has 3 aromatic rings. The molecule has 0 saturated carbocycles. The predicted octanol–water partition coefficient (Wildman–Crippen LogP) is -5.10. The molecular weight excluding hydrogens is 526 g/mol. The second-order valence-corrected chi connectivity index (χ2v) is 9.57. The number of hydrogen-bond donors (Lipinski definition) is 2. The van der Waals surface area contributed by atoms with Gasteiger partial charge in [-0.1, -0.05) is 35.8 Å². The average Bonchev–Trinajstić information content (AvgIpc) is 2.73. The zero-order valence-corrected chi connectivity index (χ0v) is 23.6. The molecule has 3 aromatic carbocycles. The van der Waals surface area contributed by atoms with Crippen molar-refractivity contribution in [1.82, 2.24) is 0 Å². The zero-order valence-electron chi connectivity index (χ0n) is 18.0. The van der Waals surface area contributed by atoms with Gasteiger partial charge in [0.2, 0.25) is 0 Å². The van der Waals surface area contributed by atoms with Crippen LogP contribution in [-0.2, 0) is 20.2 Å². The molecule has 0 bridgehead atoms.